The first-order valence-corrected chi connectivity index (χ1v) is 6.61. The molecule has 0 saturated heterocycles. The summed E-state index contributed by atoms with van der Waals surface area (Å²) in [4.78, 5) is 0. The van der Waals surface area contributed by atoms with E-state index in [1.165, 1.54) is 43.4 Å². The van der Waals surface area contributed by atoms with Gasteiger partial charge in [0.05, 0.1) is 0 Å². The van der Waals surface area contributed by atoms with Crippen LogP contribution in [-0.2, 0) is 0 Å². The summed E-state index contributed by atoms with van der Waals surface area (Å²) in [5.74, 6) is 0.941. The van der Waals surface area contributed by atoms with Crippen molar-refractivity contribution in [3.63, 3.8) is 0 Å². The third kappa shape index (κ3) is 3.01. The molecule has 0 radical (unpaired) electrons. The minimum absolute atomic E-state index is 0.695. The monoisotopic (exact) mass is 217 g/mol. The van der Waals surface area contributed by atoms with Gasteiger partial charge in [-0.3, -0.25) is 0 Å². The summed E-state index contributed by atoms with van der Waals surface area (Å²) in [5.41, 5.74) is 2.63. The summed E-state index contributed by atoms with van der Waals surface area (Å²) >= 11 is 0. The van der Waals surface area contributed by atoms with Gasteiger partial charge >= 0.3 is 0 Å². The molecule has 1 saturated carbocycles. The molecule has 1 fully saturated rings. The standard InChI is InChI=1S/C15H23N/c1-3-13-7-5-9-15(11-13)16-14-8-4-6-12(2)10-14/h4,6,8,10,13,15-16H,3,5,7,9,11H2,1-2H3. The molecule has 0 bridgehead atoms. The second-order valence-electron chi connectivity index (χ2n) is 5.15. The van der Waals surface area contributed by atoms with Crippen LogP contribution >= 0.6 is 0 Å². The molecule has 16 heavy (non-hydrogen) atoms. The Morgan fingerprint density at radius 2 is 2.19 bits per heavy atom. The molecule has 88 valence electrons. The molecule has 2 unspecified atom stereocenters. The molecule has 1 nitrogen and oxygen atoms in total. The predicted octanol–water partition coefficient (Wildman–Crippen LogP) is 4.38. The largest absolute Gasteiger partial charge is 0.382 e. The van der Waals surface area contributed by atoms with Crippen LogP contribution in [0.3, 0.4) is 0 Å². The number of benzene rings is 1. The molecule has 1 aromatic carbocycles. The van der Waals surface area contributed by atoms with Gasteiger partial charge in [-0.2, -0.15) is 0 Å². The van der Waals surface area contributed by atoms with Crippen molar-refractivity contribution in [1.82, 2.24) is 0 Å². The number of aryl methyl sites for hydroxylation is 1. The van der Waals surface area contributed by atoms with Crippen molar-refractivity contribution in [3.05, 3.63) is 29.8 Å². The number of hydrogen-bond donors (Lipinski definition) is 1. The average Bonchev–Trinajstić information content (AvgIpc) is 2.29. The Bertz CT molecular complexity index is 332. The van der Waals surface area contributed by atoms with Gasteiger partial charge in [0.2, 0.25) is 0 Å². The van der Waals surface area contributed by atoms with E-state index in [9.17, 15) is 0 Å². The van der Waals surface area contributed by atoms with Crippen LogP contribution in [0.5, 0.6) is 0 Å². The molecule has 0 amide bonds. The van der Waals surface area contributed by atoms with Gasteiger partial charge in [-0.25, -0.2) is 0 Å². The molecule has 2 atom stereocenters. The van der Waals surface area contributed by atoms with E-state index in [-0.39, 0.29) is 0 Å². The maximum Gasteiger partial charge on any atom is 0.0344 e. The van der Waals surface area contributed by atoms with Crippen molar-refractivity contribution >= 4 is 5.69 Å². The molecule has 1 N–H and O–H groups in total. The fourth-order valence-electron chi connectivity index (χ4n) is 2.76. The summed E-state index contributed by atoms with van der Waals surface area (Å²) in [5, 5.41) is 3.69. The Hall–Kier alpha value is -0.980. The Balaban J connectivity index is 1.94. The van der Waals surface area contributed by atoms with Gasteiger partial charge in [0.1, 0.15) is 0 Å². The van der Waals surface area contributed by atoms with E-state index in [0.717, 1.165) is 5.92 Å². The third-order valence-corrected chi connectivity index (χ3v) is 3.75. The summed E-state index contributed by atoms with van der Waals surface area (Å²) in [7, 11) is 0. The highest BCUT2D eigenvalue weighted by molar-refractivity contribution is 5.46. The van der Waals surface area contributed by atoms with E-state index in [2.05, 4.69) is 43.4 Å². The maximum atomic E-state index is 3.69. The lowest BCUT2D eigenvalue weighted by Gasteiger charge is -2.29. The van der Waals surface area contributed by atoms with Gasteiger partial charge in [-0.05, 0) is 43.4 Å². The Morgan fingerprint density at radius 3 is 2.94 bits per heavy atom. The van der Waals surface area contributed by atoms with Gasteiger partial charge in [-0.1, -0.05) is 38.3 Å². The number of nitrogens with one attached hydrogen (secondary N) is 1. The minimum Gasteiger partial charge on any atom is -0.382 e. The first-order chi connectivity index (χ1) is 7.78. The average molecular weight is 217 g/mol. The number of hydrogen-bond acceptors (Lipinski definition) is 1. The fourth-order valence-corrected chi connectivity index (χ4v) is 2.76. The molecule has 0 spiro atoms. The van der Waals surface area contributed by atoms with Crippen molar-refractivity contribution in [2.75, 3.05) is 5.32 Å². The van der Waals surface area contributed by atoms with E-state index >= 15 is 0 Å². The van der Waals surface area contributed by atoms with Crippen molar-refractivity contribution in [3.8, 4) is 0 Å². The first kappa shape index (κ1) is 11.5. The molecular formula is C15H23N. The fraction of sp³-hybridized carbons (Fsp3) is 0.600. The lowest BCUT2D eigenvalue weighted by Crippen LogP contribution is -2.27. The van der Waals surface area contributed by atoms with Crippen molar-refractivity contribution in [1.29, 1.82) is 0 Å². The van der Waals surface area contributed by atoms with Gasteiger partial charge in [0, 0.05) is 11.7 Å². The predicted molar refractivity (Wildman–Crippen MR) is 70.8 cm³/mol. The van der Waals surface area contributed by atoms with Gasteiger partial charge in [0.25, 0.3) is 0 Å². The van der Waals surface area contributed by atoms with E-state index in [4.69, 9.17) is 0 Å². The van der Waals surface area contributed by atoms with E-state index in [0.29, 0.717) is 6.04 Å². The number of rotatable bonds is 3. The summed E-state index contributed by atoms with van der Waals surface area (Å²) in [6.45, 7) is 4.47. The highest BCUT2D eigenvalue weighted by Crippen LogP contribution is 2.28. The lowest BCUT2D eigenvalue weighted by atomic mass is 9.84. The zero-order chi connectivity index (χ0) is 11.4. The second kappa shape index (κ2) is 5.38. The SMILES string of the molecule is CCC1CCCC(Nc2cccc(C)c2)C1. The molecule has 0 aromatic heterocycles. The summed E-state index contributed by atoms with van der Waals surface area (Å²) < 4.78 is 0. The van der Waals surface area contributed by atoms with Crippen molar-refractivity contribution in [2.24, 2.45) is 5.92 Å². The molecule has 0 aliphatic heterocycles. The van der Waals surface area contributed by atoms with Crippen molar-refractivity contribution in [2.45, 2.75) is 52.0 Å². The van der Waals surface area contributed by atoms with Crippen LogP contribution in [0.1, 0.15) is 44.6 Å². The smallest absolute Gasteiger partial charge is 0.0344 e. The minimum atomic E-state index is 0.695. The van der Waals surface area contributed by atoms with Crippen LogP contribution in [0.2, 0.25) is 0 Å². The summed E-state index contributed by atoms with van der Waals surface area (Å²) in [6.07, 6.45) is 6.85. The normalized spacial score (nSPS) is 25.4. The molecule has 1 aliphatic rings. The van der Waals surface area contributed by atoms with Crippen LogP contribution in [-0.4, -0.2) is 6.04 Å². The third-order valence-electron chi connectivity index (χ3n) is 3.75. The zero-order valence-corrected chi connectivity index (χ0v) is 10.5. The van der Waals surface area contributed by atoms with E-state index < -0.39 is 0 Å². The topological polar surface area (TPSA) is 12.0 Å². The zero-order valence-electron chi connectivity index (χ0n) is 10.5. The van der Waals surface area contributed by atoms with Crippen LogP contribution in [0, 0.1) is 12.8 Å². The molecule has 1 aromatic rings. The lowest BCUT2D eigenvalue weighted by molar-refractivity contribution is 0.327. The molecule has 2 rings (SSSR count). The van der Waals surface area contributed by atoms with E-state index in [1.54, 1.807) is 0 Å². The van der Waals surface area contributed by atoms with E-state index in [1.807, 2.05) is 0 Å². The molecule has 0 heterocycles. The highest BCUT2D eigenvalue weighted by Gasteiger charge is 2.20. The maximum absolute atomic E-state index is 3.69. The highest BCUT2D eigenvalue weighted by atomic mass is 14.9. The van der Waals surface area contributed by atoms with Gasteiger partial charge < -0.3 is 5.32 Å². The molecule has 1 aliphatic carbocycles. The Labute approximate surface area is 99.3 Å². The summed E-state index contributed by atoms with van der Waals surface area (Å²) in [6, 6.07) is 9.41. The quantitative estimate of drug-likeness (QED) is 0.792. The molecular weight excluding hydrogens is 194 g/mol. The molecule has 1 heteroatoms. The van der Waals surface area contributed by atoms with Gasteiger partial charge in [-0.15, -0.1) is 0 Å². The number of anilines is 1. The van der Waals surface area contributed by atoms with Crippen LogP contribution in [0.15, 0.2) is 24.3 Å². The second-order valence-corrected chi connectivity index (χ2v) is 5.15. The van der Waals surface area contributed by atoms with Crippen LogP contribution in [0.4, 0.5) is 5.69 Å². The Kier molecular flexibility index (Phi) is 3.87. The van der Waals surface area contributed by atoms with Crippen molar-refractivity contribution < 1.29 is 0 Å². The van der Waals surface area contributed by atoms with Crippen LogP contribution < -0.4 is 5.32 Å². The van der Waals surface area contributed by atoms with Crippen LogP contribution in [0.25, 0.3) is 0 Å². The van der Waals surface area contributed by atoms with Gasteiger partial charge in [0.15, 0.2) is 0 Å². The first-order valence-electron chi connectivity index (χ1n) is 6.61. The Morgan fingerprint density at radius 1 is 1.31 bits per heavy atom.